The van der Waals surface area contributed by atoms with Crippen LogP contribution in [0.1, 0.15) is 62.9 Å². The first-order valence-corrected chi connectivity index (χ1v) is 8.96. The molecule has 1 heterocycles. The molecule has 1 unspecified atom stereocenters. The summed E-state index contributed by atoms with van der Waals surface area (Å²) in [5, 5.41) is 0. The summed E-state index contributed by atoms with van der Waals surface area (Å²) in [6.45, 7) is 0. The van der Waals surface area contributed by atoms with Gasteiger partial charge < -0.3 is 10.3 Å². The number of aromatic nitrogens is 2. The van der Waals surface area contributed by atoms with E-state index < -0.39 is 0 Å². The SMILES string of the molecule is NC(c1nc2cc(Br)ccc2n1C1CC1)C1CCCCC1. The molecule has 21 heavy (non-hydrogen) atoms. The van der Waals surface area contributed by atoms with E-state index in [4.69, 9.17) is 10.7 Å². The summed E-state index contributed by atoms with van der Waals surface area (Å²) in [5.74, 6) is 1.73. The molecular formula is C17H22BrN3. The zero-order chi connectivity index (χ0) is 14.4. The lowest BCUT2D eigenvalue weighted by Gasteiger charge is -2.27. The third-order valence-electron chi connectivity index (χ3n) is 5.05. The molecule has 4 heteroatoms. The van der Waals surface area contributed by atoms with Crippen molar-refractivity contribution >= 4 is 27.0 Å². The molecule has 0 saturated heterocycles. The lowest BCUT2D eigenvalue weighted by molar-refractivity contribution is 0.296. The van der Waals surface area contributed by atoms with Gasteiger partial charge >= 0.3 is 0 Å². The second-order valence-electron chi connectivity index (χ2n) is 6.63. The maximum atomic E-state index is 6.64. The van der Waals surface area contributed by atoms with Crippen LogP contribution in [0.3, 0.4) is 0 Å². The maximum absolute atomic E-state index is 6.64. The number of rotatable bonds is 3. The quantitative estimate of drug-likeness (QED) is 0.873. The van der Waals surface area contributed by atoms with Crippen LogP contribution in [-0.2, 0) is 0 Å². The molecule has 112 valence electrons. The molecule has 4 rings (SSSR count). The number of imidazole rings is 1. The molecule has 2 fully saturated rings. The minimum atomic E-state index is 0.0945. The van der Waals surface area contributed by atoms with Crippen LogP contribution in [-0.4, -0.2) is 9.55 Å². The molecule has 0 bridgehead atoms. The standard InChI is InChI=1S/C17H22BrN3/c18-12-6-9-15-14(10-12)20-17(21(15)13-7-8-13)16(19)11-4-2-1-3-5-11/h6,9-11,13,16H,1-5,7-8,19H2. The highest BCUT2D eigenvalue weighted by molar-refractivity contribution is 9.10. The summed E-state index contributed by atoms with van der Waals surface area (Å²) in [6.07, 6.45) is 9.09. The number of nitrogens with two attached hydrogens (primary N) is 1. The zero-order valence-electron chi connectivity index (χ0n) is 12.3. The van der Waals surface area contributed by atoms with Crippen molar-refractivity contribution in [1.29, 1.82) is 0 Å². The second-order valence-corrected chi connectivity index (χ2v) is 7.54. The Bertz CT molecular complexity index is 653. The molecule has 0 spiro atoms. The lowest BCUT2D eigenvalue weighted by Crippen LogP contribution is -2.26. The van der Waals surface area contributed by atoms with Crippen molar-refractivity contribution in [3.63, 3.8) is 0 Å². The van der Waals surface area contributed by atoms with Crippen molar-refractivity contribution in [1.82, 2.24) is 9.55 Å². The van der Waals surface area contributed by atoms with Crippen molar-refractivity contribution in [3.8, 4) is 0 Å². The number of fused-ring (bicyclic) bond motifs is 1. The van der Waals surface area contributed by atoms with Crippen LogP contribution < -0.4 is 5.73 Å². The van der Waals surface area contributed by atoms with Crippen LogP contribution in [0.15, 0.2) is 22.7 Å². The Hall–Kier alpha value is -0.870. The minimum absolute atomic E-state index is 0.0945. The van der Waals surface area contributed by atoms with Crippen molar-refractivity contribution in [3.05, 3.63) is 28.5 Å². The van der Waals surface area contributed by atoms with Crippen LogP contribution in [0, 0.1) is 5.92 Å². The van der Waals surface area contributed by atoms with Crippen molar-refractivity contribution in [2.75, 3.05) is 0 Å². The summed E-state index contributed by atoms with van der Waals surface area (Å²) < 4.78 is 3.52. The van der Waals surface area contributed by atoms with Gasteiger partial charge in [0.05, 0.1) is 17.1 Å². The number of hydrogen-bond acceptors (Lipinski definition) is 2. The van der Waals surface area contributed by atoms with Gasteiger partial charge in [-0.2, -0.15) is 0 Å². The van der Waals surface area contributed by atoms with Crippen LogP contribution in [0.5, 0.6) is 0 Å². The summed E-state index contributed by atoms with van der Waals surface area (Å²) in [6, 6.07) is 7.13. The minimum Gasteiger partial charge on any atom is -0.324 e. The van der Waals surface area contributed by atoms with Gasteiger partial charge in [-0.25, -0.2) is 4.98 Å². The Morgan fingerprint density at radius 2 is 1.90 bits per heavy atom. The Morgan fingerprint density at radius 3 is 2.62 bits per heavy atom. The normalized spacial score (nSPS) is 21.8. The molecule has 0 aliphatic heterocycles. The molecule has 2 aliphatic carbocycles. The molecule has 2 aromatic rings. The number of benzene rings is 1. The molecule has 2 saturated carbocycles. The summed E-state index contributed by atoms with van der Waals surface area (Å²) >= 11 is 3.55. The predicted molar refractivity (Wildman–Crippen MR) is 89.2 cm³/mol. The van der Waals surface area contributed by atoms with Crippen LogP contribution >= 0.6 is 15.9 Å². The van der Waals surface area contributed by atoms with E-state index in [1.54, 1.807) is 0 Å². The van der Waals surface area contributed by atoms with E-state index in [-0.39, 0.29) is 6.04 Å². The van der Waals surface area contributed by atoms with Crippen LogP contribution in [0.25, 0.3) is 11.0 Å². The Labute approximate surface area is 134 Å². The molecule has 3 nitrogen and oxygen atoms in total. The van der Waals surface area contributed by atoms with Gasteiger partial charge in [-0.1, -0.05) is 35.2 Å². The molecule has 0 radical (unpaired) electrons. The van der Waals surface area contributed by atoms with E-state index >= 15 is 0 Å². The summed E-state index contributed by atoms with van der Waals surface area (Å²) in [7, 11) is 0. The Balaban J connectivity index is 1.77. The topological polar surface area (TPSA) is 43.8 Å². The van der Waals surface area contributed by atoms with Gasteiger partial charge in [0.15, 0.2) is 0 Å². The molecule has 1 aromatic heterocycles. The molecule has 2 N–H and O–H groups in total. The first-order chi connectivity index (χ1) is 10.2. The van der Waals surface area contributed by atoms with E-state index in [0.29, 0.717) is 12.0 Å². The lowest BCUT2D eigenvalue weighted by atomic mass is 9.84. The smallest absolute Gasteiger partial charge is 0.127 e. The molecule has 2 aliphatic rings. The third kappa shape index (κ3) is 2.53. The predicted octanol–water partition coefficient (Wildman–Crippen LogP) is 4.71. The van der Waals surface area contributed by atoms with Gasteiger partial charge in [0, 0.05) is 10.5 Å². The monoisotopic (exact) mass is 347 g/mol. The molecule has 0 amide bonds. The average molecular weight is 348 g/mol. The van der Waals surface area contributed by atoms with Crippen molar-refractivity contribution in [2.45, 2.75) is 57.0 Å². The van der Waals surface area contributed by atoms with Gasteiger partial charge in [0.25, 0.3) is 0 Å². The highest BCUT2D eigenvalue weighted by Gasteiger charge is 2.32. The van der Waals surface area contributed by atoms with Gasteiger partial charge in [0.2, 0.25) is 0 Å². The Kier molecular flexibility index (Phi) is 3.54. The largest absolute Gasteiger partial charge is 0.324 e. The van der Waals surface area contributed by atoms with Crippen LogP contribution in [0.4, 0.5) is 0 Å². The fourth-order valence-corrected chi connectivity index (χ4v) is 4.10. The van der Waals surface area contributed by atoms with E-state index in [9.17, 15) is 0 Å². The third-order valence-corrected chi connectivity index (χ3v) is 5.54. The van der Waals surface area contributed by atoms with Gasteiger partial charge in [-0.15, -0.1) is 0 Å². The molecule has 1 atom stereocenters. The van der Waals surface area contributed by atoms with Gasteiger partial charge in [-0.3, -0.25) is 0 Å². The highest BCUT2D eigenvalue weighted by atomic mass is 79.9. The van der Waals surface area contributed by atoms with Gasteiger partial charge in [-0.05, 0) is 49.8 Å². The summed E-state index contributed by atoms with van der Waals surface area (Å²) in [5.41, 5.74) is 8.98. The highest BCUT2D eigenvalue weighted by Crippen LogP contribution is 2.42. The zero-order valence-corrected chi connectivity index (χ0v) is 13.8. The fourth-order valence-electron chi connectivity index (χ4n) is 3.75. The maximum Gasteiger partial charge on any atom is 0.127 e. The average Bonchev–Trinajstić information content (AvgIpc) is 3.28. The van der Waals surface area contributed by atoms with Crippen molar-refractivity contribution in [2.24, 2.45) is 11.7 Å². The first kappa shape index (κ1) is 13.8. The van der Waals surface area contributed by atoms with Crippen molar-refractivity contribution < 1.29 is 0 Å². The second kappa shape index (κ2) is 5.40. The van der Waals surface area contributed by atoms with E-state index in [1.165, 1.54) is 50.5 Å². The van der Waals surface area contributed by atoms with E-state index in [0.717, 1.165) is 15.8 Å². The van der Waals surface area contributed by atoms with E-state index in [1.807, 2.05) is 0 Å². The van der Waals surface area contributed by atoms with Crippen LogP contribution in [0.2, 0.25) is 0 Å². The summed E-state index contributed by atoms with van der Waals surface area (Å²) in [4.78, 5) is 4.92. The first-order valence-electron chi connectivity index (χ1n) is 8.17. The van der Waals surface area contributed by atoms with E-state index in [2.05, 4.69) is 38.7 Å². The fraction of sp³-hybridized carbons (Fsp3) is 0.588. The molecular weight excluding hydrogens is 326 g/mol. The van der Waals surface area contributed by atoms with Gasteiger partial charge in [0.1, 0.15) is 5.82 Å². The molecule has 1 aromatic carbocycles. The number of nitrogens with zero attached hydrogens (tertiary/aromatic N) is 2. The number of hydrogen-bond donors (Lipinski definition) is 1. The number of halogens is 1. The Morgan fingerprint density at radius 1 is 1.14 bits per heavy atom.